The molecular formula is C49H59ClN9O7P. The van der Waals surface area contributed by atoms with E-state index in [1.165, 1.54) is 33.3 Å². The Morgan fingerprint density at radius 1 is 0.866 bits per heavy atom. The van der Waals surface area contributed by atoms with E-state index in [1.807, 2.05) is 24.3 Å². The second-order valence-corrected chi connectivity index (χ2v) is 19.8. The van der Waals surface area contributed by atoms with Gasteiger partial charge in [0.2, 0.25) is 17.8 Å². The number of aromatic nitrogens is 2. The predicted molar refractivity (Wildman–Crippen MR) is 260 cm³/mol. The van der Waals surface area contributed by atoms with Crippen molar-refractivity contribution in [3.05, 3.63) is 88.6 Å². The van der Waals surface area contributed by atoms with Crippen LogP contribution in [0.25, 0.3) is 0 Å². The SMILES string of the molecule is COc1cc(N2CCC(N3CCN(CCCCCCC#Cc4cccc5c4CN(C4CCC(=O)NC4=O)C5=O)CC3)CC2)ccc1Nc1ncc(Cl)c(Nc2ccccc2P(=O)(OC)OC)n1. The van der Waals surface area contributed by atoms with Crippen LogP contribution in [0.1, 0.15) is 79.3 Å². The van der Waals surface area contributed by atoms with E-state index in [9.17, 15) is 18.9 Å². The summed E-state index contributed by atoms with van der Waals surface area (Å²) in [5.74, 6) is 7.04. The van der Waals surface area contributed by atoms with Crippen molar-refractivity contribution in [1.82, 2.24) is 30.0 Å². The summed E-state index contributed by atoms with van der Waals surface area (Å²) in [5, 5.41) is 9.43. The number of piperazine rings is 1. The van der Waals surface area contributed by atoms with Gasteiger partial charge in [0.25, 0.3) is 5.91 Å². The monoisotopic (exact) mass is 951 g/mol. The number of benzene rings is 3. The zero-order valence-corrected chi connectivity index (χ0v) is 40.0. The Labute approximate surface area is 397 Å². The Hall–Kier alpha value is -5.53. The molecule has 3 N–H and O–H groups in total. The number of piperidine rings is 2. The molecule has 1 unspecified atom stereocenters. The van der Waals surface area contributed by atoms with Gasteiger partial charge in [0.15, 0.2) is 5.82 Å². The number of unbranched alkanes of at least 4 members (excludes halogenated alkanes) is 4. The van der Waals surface area contributed by atoms with E-state index in [2.05, 4.69) is 58.5 Å². The quantitative estimate of drug-likeness (QED) is 0.0424. The van der Waals surface area contributed by atoms with Crippen molar-refractivity contribution >= 4 is 71.1 Å². The first kappa shape index (κ1) is 47.9. The summed E-state index contributed by atoms with van der Waals surface area (Å²) in [4.78, 5) is 55.5. The Kier molecular flexibility index (Phi) is 15.8. The second-order valence-electron chi connectivity index (χ2n) is 17.2. The molecule has 3 amide bonds. The zero-order valence-electron chi connectivity index (χ0n) is 38.4. The average molecular weight is 952 g/mol. The predicted octanol–water partition coefficient (Wildman–Crippen LogP) is 7.09. The normalized spacial score (nSPS) is 18.3. The lowest BCUT2D eigenvalue weighted by molar-refractivity contribution is -0.136. The lowest BCUT2D eigenvalue weighted by atomic mass is 10.0. The minimum absolute atomic E-state index is 0.170. The third-order valence-electron chi connectivity index (χ3n) is 13.2. The van der Waals surface area contributed by atoms with E-state index in [-0.39, 0.29) is 23.3 Å². The molecule has 16 nitrogen and oxygen atoms in total. The van der Waals surface area contributed by atoms with Crippen molar-refractivity contribution in [1.29, 1.82) is 0 Å². The number of fused-ring (bicyclic) bond motifs is 1. The molecule has 1 atom stereocenters. The molecule has 0 bridgehead atoms. The number of para-hydroxylation sites is 1. The lowest BCUT2D eigenvalue weighted by Crippen LogP contribution is -2.53. The summed E-state index contributed by atoms with van der Waals surface area (Å²) in [6, 6.07) is 18.6. The van der Waals surface area contributed by atoms with Crippen molar-refractivity contribution in [2.45, 2.75) is 76.4 Å². The fourth-order valence-electron chi connectivity index (χ4n) is 9.44. The van der Waals surface area contributed by atoms with Gasteiger partial charge in [-0.25, -0.2) is 4.98 Å². The maximum Gasteiger partial charge on any atom is 0.362 e. The molecule has 18 heteroatoms. The number of halogens is 1. The topological polar surface area (TPSA) is 171 Å². The van der Waals surface area contributed by atoms with Gasteiger partial charge < -0.3 is 39.1 Å². The number of hydrogen-bond donors (Lipinski definition) is 3. The standard InChI is InChI=1S/C49H59ClN9O7P/c1-64-43-31-36(18-19-40(43)53-49-51-32-39(50)46(55-49)52-41-16-9-10-17-44(41)67(63,65-2)66-3)57-25-22-35(23-26-57)58-29-27-56(28-30-58)24-11-7-5-4-6-8-13-34-14-12-15-37-38(34)33-59(48(37)62)42-20-21-45(60)54-47(42)61/h9-10,12,14-19,31-32,35,42H,4-7,11,20-30,33H2,1-3H3,(H,54,60,61)(H2,51,52,53,55). The molecule has 5 heterocycles. The van der Waals surface area contributed by atoms with Crippen molar-refractivity contribution in [2.75, 3.05) is 82.7 Å². The van der Waals surface area contributed by atoms with Gasteiger partial charge in [0.1, 0.15) is 16.8 Å². The minimum atomic E-state index is -3.56. The Morgan fingerprint density at radius 2 is 1.64 bits per heavy atom. The summed E-state index contributed by atoms with van der Waals surface area (Å²) >= 11 is 6.50. The highest BCUT2D eigenvalue weighted by molar-refractivity contribution is 7.62. The summed E-state index contributed by atoms with van der Waals surface area (Å²) in [6.45, 7) is 7.83. The fourth-order valence-corrected chi connectivity index (χ4v) is 10.8. The number of methoxy groups -OCH3 is 1. The number of carbonyl (C=O) groups excluding carboxylic acids is 3. The van der Waals surface area contributed by atoms with Gasteiger partial charge in [-0.3, -0.25) is 29.2 Å². The molecule has 1 aromatic heterocycles. The zero-order chi connectivity index (χ0) is 46.9. The smallest absolute Gasteiger partial charge is 0.362 e. The number of carbonyl (C=O) groups is 3. The van der Waals surface area contributed by atoms with Crippen LogP contribution in [0.2, 0.25) is 5.02 Å². The van der Waals surface area contributed by atoms with Gasteiger partial charge in [0, 0.05) is 102 Å². The molecule has 4 aliphatic rings. The largest absolute Gasteiger partial charge is 0.494 e. The number of imide groups is 1. The van der Waals surface area contributed by atoms with Crippen LogP contribution in [0.4, 0.5) is 28.8 Å². The first-order chi connectivity index (χ1) is 32.6. The first-order valence-electron chi connectivity index (χ1n) is 23.1. The lowest BCUT2D eigenvalue weighted by Gasteiger charge is -2.43. The molecule has 0 radical (unpaired) electrons. The Bertz CT molecular complexity index is 2550. The summed E-state index contributed by atoms with van der Waals surface area (Å²) in [7, 11) is 0.768. The molecule has 4 aliphatic heterocycles. The summed E-state index contributed by atoms with van der Waals surface area (Å²) in [6.07, 6.45) is 9.64. The third kappa shape index (κ3) is 11.3. The Morgan fingerprint density at radius 3 is 2.40 bits per heavy atom. The van der Waals surface area contributed by atoms with Crippen LogP contribution in [0, 0.1) is 11.8 Å². The van der Waals surface area contributed by atoms with Gasteiger partial charge in [-0.05, 0) is 80.6 Å². The van der Waals surface area contributed by atoms with Gasteiger partial charge >= 0.3 is 7.60 Å². The van der Waals surface area contributed by atoms with Crippen molar-refractivity contribution in [2.24, 2.45) is 0 Å². The Balaban J connectivity index is 0.738. The fraction of sp³-hybridized carbons (Fsp3) is 0.449. The van der Waals surface area contributed by atoms with E-state index in [1.54, 1.807) is 42.3 Å². The summed E-state index contributed by atoms with van der Waals surface area (Å²) in [5.41, 5.74) is 4.60. The molecule has 8 rings (SSSR count). The maximum atomic E-state index is 13.2. The van der Waals surface area contributed by atoms with E-state index in [0.717, 1.165) is 94.7 Å². The van der Waals surface area contributed by atoms with Gasteiger partial charge in [-0.15, -0.1) is 0 Å². The number of anilines is 5. The van der Waals surface area contributed by atoms with Crippen LogP contribution in [-0.4, -0.2) is 122 Å². The molecule has 354 valence electrons. The molecule has 0 aliphatic carbocycles. The number of nitrogens with zero attached hydrogens (tertiary/aromatic N) is 6. The molecule has 3 aromatic carbocycles. The van der Waals surface area contributed by atoms with Crippen molar-refractivity contribution < 1.29 is 32.7 Å². The van der Waals surface area contributed by atoms with E-state index in [0.29, 0.717) is 58.8 Å². The molecule has 0 spiro atoms. The number of amides is 3. The molecule has 3 saturated heterocycles. The highest BCUT2D eigenvalue weighted by atomic mass is 35.5. The first-order valence-corrected chi connectivity index (χ1v) is 25.0. The third-order valence-corrected chi connectivity index (χ3v) is 15.4. The van der Waals surface area contributed by atoms with Crippen LogP contribution in [-0.2, 0) is 29.7 Å². The van der Waals surface area contributed by atoms with Crippen LogP contribution < -0.4 is 30.9 Å². The average Bonchev–Trinajstić information content (AvgIpc) is 3.69. The van der Waals surface area contributed by atoms with E-state index in [4.69, 9.17) is 25.4 Å². The summed E-state index contributed by atoms with van der Waals surface area (Å²) < 4.78 is 29.5. The number of ether oxygens (including phenoxy) is 1. The minimum Gasteiger partial charge on any atom is -0.494 e. The van der Waals surface area contributed by atoms with Gasteiger partial charge in [-0.1, -0.05) is 54.5 Å². The maximum absolute atomic E-state index is 13.2. The van der Waals surface area contributed by atoms with Crippen LogP contribution in [0.5, 0.6) is 5.75 Å². The van der Waals surface area contributed by atoms with Gasteiger partial charge in [-0.2, -0.15) is 4.98 Å². The van der Waals surface area contributed by atoms with Gasteiger partial charge in [0.05, 0.1) is 30.0 Å². The van der Waals surface area contributed by atoms with E-state index >= 15 is 0 Å². The second kappa shape index (κ2) is 22.1. The van der Waals surface area contributed by atoms with Crippen molar-refractivity contribution in [3.8, 4) is 17.6 Å². The highest BCUT2D eigenvalue weighted by Gasteiger charge is 2.40. The number of hydrogen-bond acceptors (Lipinski definition) is 14. The molecule has 4 aromatic rings. The molecular weight excluding hydrogens is 893 g/mol. The highest BCUT2D eigenvalue weighted by Crippen LogP contribution is 2.47. The van der Waals surface area contributed by atoms with Crippen LogP contribution in [0.15, 0.2) is 66.9 Å². The number of rotatable bonds is 17. The van der Waals surface area contributed by atoms with E-state index < -0.39 is 19.5 Å². The van der Waals surface area contributed by atoms with Crippen LogP contribution in [0.3, 0.4) is 0 Å². The van der Waals surface area contributed by atoms with Crippen LogP contribution >= 0.6 is 19.2 Å². The number of nitrogens with one attached hydrogen (secondary N) is 3. The molecule has 3 fully saturated rings. The molecule has 0 saturated carbocycles. The molecule has 67 heavy (non-hydrogen) atoms. The van der Waals surface area contributed by atoms with Crippen molar-refractivity contribution in [3.63, 3.8) is 0 Å².